The van der Waals surface area contributed by atoms with E-state index in [1.165, 1.54) is 4.70 Å². The number of hydrogen-bond donors (Lipinski definition) is 0. The van der Waals surface area contributed by atoms with Gasteiger partial charge < -0.3 is 21.7 Å². The zero-order valence-electron chi connectivity index (χ0n) is 9.16. The van der Waals surface area contributed by atoms with E-state index in [4.69, 9.17) is 11.2 Å². The summed E-state index contributed by atoms with van der Waals surface area (Å²) in [4.78, 5) is 0. The van der Waals surface area contributed by atoms with Crippen LogP contribution in [0.1, 0.15) is 5.56 Å². The van der Waals surface area contributed by atoms with Crippen LogP contribution in [-0.4, -0.2) is 7.11 Å². The highest BCUT2D eigenvalue weighted by Crippen LogP contribution is 2.25. The number of fused-ring (bicyclic) bond motifs is 1. The normalized spacial score (nSPS) is 9.56. The molecule has 1 heterocycles. The predicted molar refractivity (Wildman–Crippen MR) is 62.1 cm³/mol. The molecule has 0 saturated heterocycles. The summed E-state index contributed by atoms with van der Waals surface area (Å²) in [7, 11) is 1.69. The average molecular weight is 298 g/mol. The van der Waals surface area contributed by atoms with E-state index in [-0.39, 0.29) is 17.0 Å². The van der Waals surface area contributed by atoms with Crippen molar-refractivity contribution in [2.45, 2.75) is 13.5 Å². The summed E-state index contributed by atoms with van der Waals surface area (Å²) in [6.45, 7) is 2.65. The standard InChI is InChI=1S/C12H12NOS.BrH/c1-4-5-13-8-15-12-6-9(2)11(14-3)7-10(12)13;/h1,6-8H,5H2,2-3H3;1H/q+1;/p-1. The highest BCUT2D eigenvalue weighted by molar-refractivity contribution is 7.16. The number of aromatic nitrogens is 1. The molecule has 0 unspecified atom stereocenters. The Balaban J connectivity index is 0.00000128. The Morgan fingerprint density at radius 2 is 2.25 bits per heavy atom. The molecule has 2 aromatic rings. The molecular weight excluding hydrogens is 286 g/mol. The minimum Gasteiger partial charge on any atom is -1.00 e. The minimum absolute atomic E-state index is 0. The monoisotopic (exact) mass is 297 g/mol. The highest BCUT2D eigenvalue weighted by Gasteiger charge is 2.13. The van der Waals surface area contributed by atoms with E-state index in [0.717, 1.165) is 16.8 Å². The van der Waals surface area contributed by atoms with E-state index < -0.39 is 0 Å². The number of terminal acetylenes is 1. The van der Waals surface area contributed by atoms with Gasteiger partial charge in [-0.3, -0.25) is 0 Å². The summed E-state index contributed by atoms with van der Waals surface area (Å²) in [6.07, 6.45) is 5.31. The summed E-state index contributed by atoms with van der Waals surface area (Å²) in [5, 5.41) is 0. The van der Waals surface area contributed by atoms with Gasteiger partial charge in [0.2, 0.25) is 17.6 Å². The first kappa shape index (κ1) is 13.0. The molecule has 0 atom stereocenters. The van der Waals surface area contributed by atoms with Crippen LogP contribution in [0.4, 0.5) is 0 Å². The maximum atomic E-state index is 5.31. The smallest absolute Gasteiger partial charge is 0.228 e. The van der Waals surface area contributed by atoms with Crippen molar-refractivity contribution in [2.75, 3.05) is 7.11 Å². The third-order valence-electron chi connectivity index (χ3n) is 2.35. The van der Waals surface area contributed by atoms with Crippen LogP contribution in [0.3, 0.4) is 0 Å². The quantitative estimate of drug-likeness (QED) is 0.520. The Kier molecular flexibility index (Phi) is 4.34. The largest absolute Gasteiger partial charge is 1.00 e. The molecule has 84 valence electrons. The number of benzene rings is 1. The molecule has 16 heavy (non-hydrogen) atoms. The fourth-order valence-corrected chi connectivity index (χ4v) is 2.56. The van der Waals surface area contributed by atoms with Gasteiger partial charge in [-0.1, -0.05) is 11.3 Å². The molecule has 0 amide bonds. The van der Waals surface area contributed by atoms with Crippen LogP contribution in [0.25, 0.3) is 10.2 Å². The first-order valence-corrected chi connectivity index (χ1v) is 5.53. The number of methoxy groups -OCH3 is 1. The van der Waals surface area contributed by atoms with Gasteiger partial charge in [0, 0.05) is 0 Å². The summed E-state index contributed by atoms with van der Waals surface area (Å²) in [5.41, 5.74) is 4.34. The third kappa shape index (κ3) is 2.21. The summed E-state index contributed by atoms with van der Waals surface area (Å²) in [6, 6.07) is 4.17. The molecule has 0 aliphatic heterocycles. The number of halogens is 1. The molecule has 0 aliphatic rings. The zero-order chi connectivity index (χ0) is 10.8. The third-order valence-corrected chi connectivity index (χ3v) is 3.30. The first-order chi connectivity index (χ1) is 7.26. The lowest BCUT2D eigenvalue weighted by Crippen LogP contribution is -3.00. The second-order valence-corrected chi connectivity index (χ2v) is 4.23. The van der Waals surface area contributed by atoms with Gasteiger partial charge >= 0.3 is 0 Å². The van der Waals surface area contributed by atoms with Crippen molar-refractivity contribution in [3.05, 3.63) is 23.2 Å². The molecule has 0 N–H and O–H groups in total. The van der Waals surface area contributed by atoms with E-state index in [2.05, 4.69) is 16.6 Å². The lowest BCUT2D eigenvalue weighted by molar-refractivity contribution is -0.654. The molecule has 0 radical (unpaired) electrons. The second-order valence-electron chi connectivity index (χ2n) is 3.34. The number of ether oxygens (including phenoxy) is 1. The number of thiazole rings is 1. The van der Waals surface area contributed by atoms with Gasteiger partial charge in [0.1, 0.15) is 10.4 Å². The molecule has 0 bridgehead atoms. The Hall–Kier alpha value is -1.05. The van der Waals surface area contributed by atoms with Gasteiger partial charge in [0.05, 0.1) is 13.2 Å². The van der Waals surface area contributed by atoms with Crippen LogP contribution in [-0.2, 0) is 6.54 Å². The van der Waals surface area contributed by atoms with Crippen molar-refractivity contribution in [1.82, 2.24) is 0 Å². The van der Waals surface area contributed by atoms with Crippen molar-refractivity contribution in [3.63, 3.8) is 0 Å². The zero-order valence-corrected chi connectivity index (χ0v) is 11.6. The fourth-order valence-electron chi connectivity index (χ4n) is 1.59. The first-order valence-electron chi connectivity index (χ1n) is 4.65. The van der Waals surface area contributed by atoms with Gasteiger partial charge in [-0.15, -0.1) is 6.42 Å². The molecule has 4 heteroatoms. The molecule has 0 saturated carbocycles. The van der Waals surface area contributed by atoms with Crippen LogP contribution in [0.15, 0.2) is 17.6 Å². The Bertz CT molecular complexity index is 542. The lowest BCUT2D eigenvalue weighted by atomic mass is 10.2. The molecule has 2 nitrogen and oxygen atoms in total. The molecule has 0 spiro atoms. The van der Waals surface area contributed by atoms with E-state index >= 15 is 0 Å². The van der Waals surface area contributed by atoms with Gasteiger partial charge in [-0.25, -0.2) is 0 Å². The topological polar surface area (TPSA) is 13.1 Å². The summed E-state index contributed by atoms with van der Waals surface area (Å²) < 4.78 is 8.59. The Morgan fingerprint density at radius 1 is 1.50 bits per heavy atom. The van der Waals surface area contributed by atoms with Crippen molar-refractivity contribution in [3.8, 4) is 18.1 Å². The number of aryl methyl sites for hydroxylation is 1. The van der Waals surface area contributed by atoms with E-state index in [1.54, 1.807) is 18.4 Å². The van der Waals surface area contributed by atoms with Crippen molar-refractivity contribution < 1.29 is 26.3 Å². The average Bonchev–Trinajstić information content (AvgIpc) is 2.60. The highest BCUT2D eigenvalue weighted by atomic mass is 79.9. The fraction of sp³-hybridized carbons (Fsp3) is 0.250. The van der Waals surface area contributed by atoms with Crippen molar-refractivity contribution >= 4 is 21.6 Å². The van der Waals surface area contributed by atoms with Crippen molar-refractivity contribution in [2.24, 2.45) is 0 Å². The Morgan fingerprint density at radius 3 is 2.88 bits per heavy atom. The van der Waals surface area contributed by atoms with E-state index in [1.807, 2.05) is 18.5 Å². The SMILES string of the molecule is C#CC[n+]1csc2cc(C)c(OC)cc21.[Br-]. The number of nitrogens with zero attached hydrogens (tertiary/aromatic N) is 1. The predicted octanol–water partition coefficient (Wildman–Crippen LogP) is -0.857. The minimum atomic E-state index is 0. The van der Waals surface area contributed by atoms with Crippen LogP contribution in [0.5, 0.6) is 5.75 Å². The molecule has 0 aliphatic carbocycles. The summed E-state index contributed by atoms with van der Waals surface area (Å²) >= 11 is 1.70. The second kappa shape index (κ2) is 5.33. The van der Waals surface area contributed by atoms with E-state index in [0.29, 0.717) is 6.54 Å². The maximum Gasteiger partial charge on any atom is 0.228 e. The van der Waals surface area contributed by atoms with Gasteiger partial charge in [0.25, 0.3) is 0 Å². The van der Waals surface area contributed by atoms with Gasteiger partial charge in [-0.2, -0.15) is 4.57 Å². The Labute approximate surface area is 110 Å². The van der Waals surface area contributed by atoms with E-state index in [9.17, 15) is 0 Å². The van der Waals surface area contributed by atoms with Crippen LogP contribution in [0.2, 0.25) is 0 Å². The number of hydrogen-bond acceptors (Lipinski definition) is 2. The van der Waals surface area contributed by atoms with Crippen LogP contribution >= 0.6 is 11.3 Å². The molecule has 0 fully saturated rings. The molecular formula is C12H12BrNOS. The van der Waals surface area contributed by atoms with Crippen molar-refractivity contribution in [1.29, 1.82) is 0 Å². The maximum absolute atomic E-state index is 5.31. The van der Waals surface area contributed by atoms with Gasteiger partial charge in [0.15, 0.2) is 0 Å². The molecule has 1 aromatic heterocycles. The molecule has 1 aromatic carbocycles. The number of rotatable bonds is 2. The van der Waals surface area contributed by atoms with Crippen LogP contribution < -0.4 is 26.3 Å². The lowest BCUT2D eigenvalue weighted by Gasteiger charge is -2.02. The summed E-state index contributed by atoms with van der Waals surface area (Å²) in [5.74, 6) is 3.55. The molecule has 2 rings (SSSR count). The van der Waals surface area contributed by atoms with Crippen LogP contribution in [0, 0.1) is 19.3 Å². The van der Waals surface area contributed by atoms with Gasteiger partial charge in [-0.05, 0) is 24.5 Å².